The van der Waals surface area contributed by atoms with Gasteiger partial charge in [0.05, 0.1) is 5.69 Å². The first-order chi connectivity index (χ1) is 8.16. The Balaban J connectivity index is 2.07. The van der Waals surface area contributed by atoms with E-state index in [0.29, 0.717) is 12.4 Å². The van der Waals surface area contributed by atoms with Gasteiger partial charge in [-0.15, -0.1) is 0 Å². The molecule has 0 saturated heterocycles. The molecule has 1 heterocycles. The van der Waals surface area contributed by atoms with Crippen LogP contribution < -0.4 is 10.5 Å². The van der Waals surface area contributed by atoms with Crippen LogP contribution in [0.1, 0.15) is 5.69 Å². The maximum Gasteiger partial charge on any atom is 0.146 e. The summed E-state index contributed by atoms with van der Waals surface area (Å²) in [6.07, 6.45) is 1.70. The molecular weight excluding hydrogens is 284 g/mol. The van der Waals surface area contributed by atoms with Crippen LogP contribution in [0.5, 0.6) is 11.5 Å². The van der Waals surface area contributed by atoms with Crippen molar-refractivity contribution >= 4 is 21.6 Å². The van der Waals surface area contributed by atoms with Crippen molar-refractivity contribution in [3.8, 4) is 11.5 Å². The van der Waals surface area contributed by atoms with E-state index in [4.69, 9.17) is 10.5 Å². The third kappa shape index (κ3) is 2.88. The number of halogens is 1. The number of nitrogens with two attached hydrogens (primary N) is 1. The zero-order chi connectivity index (χ0) is 12.3. The molecule has 17 heavy (non-hydrogen) atoms. The largest absolute Gasteiger partial charge is 0.506 e. The van der Waals surface area contributed by atoms with Crippen molar-refractivity contribution in [2.75, 3.05) is 5.73 Å². The van der Waals surface area contributed by atoms with Gasteiger partial charge in [-0.05, 0) is 40.2 Å². The Morgan fingerprint density at radius 3 is 2.82 bits per heavy atom. The van der Waals surface area contributed by atoms with E-state index in [1.165, 1.54) is 6.07 Å². The molecular formula is C12H11BrN2O2. The molecule has 0 aliphatic carbocycles. The first kappa shape index (κ1) is 11.7. The van der Waals surface area contributed by atoms with Crippen molar-refractivity contribution in [2.24, 2.45) is 0 Å². The lowest BCUT2D eigenvalue weighted by Crippen LogP contribution is -2.00. The highest BCUT2D eigenvalue weighted by Gasteiger charge is 2.05. The predicted molar refractivity (Wildman–Crippen MR) is 68.8 cm³/mol. The minimum absolute atomic E-state index is 0.0197. The number of para-hydroxylation sites is 1. The Morgan fingerprint density at radius 2 is 2.12 bits per heavy atom. The minimum Gasteiger partial charge on any atom is -0.506 e. The van der Waals surface area contributed by atoms with Gasteiger partial charge < -0.3 is 15.6 Å². The number of hydrogen-bond acceptors (Lipinski definition) is 4. The van der Waals surface area contributed by atoms with Crippen LogP contribution in [-0.4, -0.2) is 10.1 Å². The second-order valence-electron chi connectivity index (χ2n) is 3.45. The lowest BCUT2D eigenvalue weighted by Gasteiger charge is -2.09. The third-order valence-electron chi connectivity index (χ3n) is 2.21. The van der Waals surface area contributed by atoms with Gasteiger partial charge in [-0.2, -0.15) is 0 Å². The summed E-state index contributed by atoms with van der Waals surface area (Å²) >= 11 is 3.31. The van der Waals surface area contributed by atoms with Gasteiger partial charge in [-0.1, -0.05) is 6.07 Å². The molecule has 5 heteroatoms. The normalized spacial score (nSPS) is 10.2. The van der Waals surface area contributed by atoms with Crippen LogP contribution in [0.15, 0.2) is 41.0 Å². The number of aromatic nitrogens is 1. The van der Waals surface area contributed by atoms with E-state index in [0.717, 1.165) is 10.2 Å². The molecule has 1 aromatic carbocycles. The van der Waals surface area contributed by atoms with Crippen LogP contribution in [0, 0.1) is 0 Å². The van der Waals surface area contributed by atoms with Gasteiger partial charge in [0, 0.05) is 10.7 Å². The van der Waals surface area contributed by atoms with Crippen LogP contribution >= 0.6 is 15.9 Å². The molecule has 4 nitrogen and oxygen atoms in total. The van der Waals surface area contributed by atoms with Crippen LogP contribution in [0.25, 0.3) is 0 Å². The maximum atomic E-state index is 9.41. The zero-order valence-corrected chi connectivity index (χ0v) is 10.5. The summed E-state index contributed by atoms with van der Waals surface area (Å²) in [4.78, 5) is 4.17. The van der Waals surface area contributed by atoms with Gasteiger partial charge in [0.2, 0.25) is 0 Å². The van der Waals surface area contributed by atoms with Crippen LogP contribution in [-0.2, 0) is 6.61 Å². The molecule has 3 N–H and O–H groups in total. The van der Waals surface area contributed by atoms with Gasteiger partial charge in [0.1, 0.15) is 23.8 Å². The lowest BCUT2D eigenvalue weighted by atomic mass is 10.3. The number of phenols is 1. The molecule has 0 aliphatic rings. The second-order valence-corrected chi connectivity index (χ2v) is 4.36. The average molecular weight is 295 g/mol. The van der Waals surface area contributed by atoms with Gasteiger partial charge in [-0.3, -0.25) is 4.98 Å². The number of benzene rings is 1. The number of hydrogen-bond donors (Lipinski definition) is 2. The molecule has 0 radical (unpaired) electrons. The van der Waals surface area contributed by atoms with Gasteiger partial charge in [0.15, 0.2) is 0 Å². The molecule has 0 spiro atoms. The Labute approximate surface area is 107 Å². The van der Waals surface area contributed by atoms with E-state index in [1.54, 1.807) is 18.3 Å². The highest BCUT2D eigenvalue weighted by atomic mass is 79.9. The Kier molecular flexibility index (Phi) is 3.49. The van der Waals surface area contributed by atoms with E-state index < -0.39 is 0 Å². The van der Waals surface area contributed by atoms with E-state index in [2.05, 4.69) is 20.9 Å². The average Bonchev–Trinajstić information content (AvgIpc) is 2.33. The van der Waals surface area contributed by atoms with Crippen molar-refractivity contribution in [2.45, 2.75) is 6.61 Å². The smallest absolute Gasteiger partial charge is 0.146 e. The summed E-state index contributed by atoms with van der Waals surface area (Å²) in [6, 6.07) is 8.63. The summed E-state index contributed by atoms with van der Waals surface area (Å²) < 4.78 is 6.40. The Hall–Kier alpha value is -1.75. The zero-order valence-electron chi connectivity index (χ0n) is 8.93. The topological polar surface area (TPSA) is 68.4 Å². The SMILES string of the molecule is Nc1c(O)cccc1OCc1ccc(Br)cn1. The van der Waals surface area contributed by atoms with Crippen LogP contribution in [0.3, 0.4) is 0 Å². The first-order valence-corrected chi connectivity index (χ1v) is 5.77. The predicted octanol–water partition coefficient (Wildman–Crippen LogP) is 2.71. The molecule has 1 aromatic heterocycles. The lowest BCUT2D eigenvalue weighted by molar-refractivity contribution is 0.301. The fourth-order valence-electron chi connectivity index (χ4n) is 1.30. The molecule has 0 bridgehead atoms. The van der Waals surface area contributed by atoms with E-state index in [9.17, 15) is 5.11 Å². The molecule has 0 saturated carbocycles. The first-order valence-electron chi connectivity index (χ1n) is 4.97. The molecule has 2 rings (SSSR count). The van der Waals surface area contributed by atoms with Gasteiger partial charge in [0.25, 0.3) is 0 Å². The van der Waals surface area contributed by atoms with E-state index in [-0.39, 0.29) is 11.4 Å². The standard InChI is InChI=1S/C12H11BrN2O2/c13-8-4-5-9(15-6-8)7-17-11-3-1-2-10(16)12(11)14/h1-6,16H,7,14H2. The molecule has 0 aliphatic heterocycles. The van der Waals surface area contributed by atoms with Crippen molar-refractivity contribution in [3.63, 3.8) is 0 Å². The molecule has 0 unspecified atom stereocenters. The van der Waals surface area contributed by atoms with E-state index >= 15 is 0 Å². The quantitative estimate of drug-likeness (QED) is 0.675. The fraction of sp³-hybridized carbons (Fsp3) is 0.0833. The molecule has 2 aromatic rings. The summed E-state index contributed by atoms with van der Waals surface area (Å²) in [6.45, 7) is 0.306. The molecule has 0 atom stereocenters. The van der Waals surface area contributed by atoms with Gasteiger partial charge in [-0.25, -0.2) is 0 Å². The summed E-state index contributed by atoms with van der Waals surface area (Å²) in [5, 5.41) is 9.41. The van der Waals surface area contributed by atoms with Crippen LogP contribution in [0.4, 0.5) is 5.69 Å². The summed E-state index contributed by atoms with van der Waals surface area (Å²) in [7, 11) is 0. The Morgan fingerprint density at radius 1 is 1.29 bits per heavy atom. The van der Waals surface area contributed by atoms with Gasteiger partial charge >= 0.3 is 0 Å². The maximum absolute atomic E-state index is 9.41. The number of aromatic hydroxyl groups is 1. The number of ether oxygens (including phenoxy) is 1. The minimum atomic E-state index is 0.0197. The van der Waals surface area contributed by atoms with Crippen molar-refractivity contribution in [3.05, 3.63) is 46.7 Å². The van der Waals surface area contributed by atoms with Crippen LogP contribution in [0.2, 0.25) is 0 Å². The molecule has 88 valence electrons. The number of pyridine rings is 1. The summed E-state index contributed by atoms with van der Waals surface area (Å²) in [5.74, 6) is 0.473. The number of nitrogen functional groups attached to an aromatic ring is 1. The molecule has 0 amide bonds. The highest BCUT2D eigenvalue weighted by molar-refractivity contribution is 9.10. The highest BCUT2D eigenvalue weighted by Crippen LogP contribution is 2.30. The second kappa shape index (κ2) is 5.05. The monoisotopic (exact) mass is 294 g/mol. The number of nitrogens with zero attached hydrogens (tertiary/aromatic N) is 1. The molecule has 0 fully saturated rings. The van der Waals surface area contributed by atoms with Crippen molar-refractivity contribution in [1.29, 1.82) is 0 Å². The summed E-state index contributed by atoms with van der Waals surface area (Å²) in [5.41, 5.74) is 6.70. The Bertz CT molecular complexity index is 514. The third-order valence-corrected chi connectivity index (χ3v) is 2.68. The number of phenolic OH excluding ortho intramolecular Hbond substituents is 1. The number of anilines is 1. The van der Waals surface area contributed by atoms with Crippen molar-refractivity contribution in [1.82, 2.24) is 4.98 Å². The van der Waals surface area contributed by atoms with Crippen molar-refractivity contribution < 1.29 is 9.84 Å². The number of rotatable bonds is 3. The van der Waals surface area contributed by atoms with E-state index in [1.807, 2.05) is 12.1 Å². The fourth-order valence-corrected chi connectivity index (χ4v) is 1.54.